The molecule has 1 saturated heterocycles. The van der Waals surface area contributed by atoms with Crippen LogP contribution in [0.5, 0.6) is 5.75 Å². The van der Waals surface area contributed by atoms with Crippen LogP contribution in [0.1, 0.15) is 18.4 Å². The summed E-state index contributed by atoms with van der Waals surface area (Å²) < 4.78 is 5.19. The first-order valence-electron chi connectivity index (χ1n) is 5.65. The van der Waals surface area contributed by atoms with Gasteiger partial charge in [-0.25, -0.2) is 0 Å². The van der Waals surface area contributed by atoms with Gasteiger partial charge in [-0.2, -0.15) is 11.8 Å². The highest BCUT2D eigenvalue weighted by Crippen LogP contribution is 2.30. The molecule has 3 heteroatoms. The van der Waals surface area contributed by atoms with Crippen LogP contribution in [0.2, 0.25) is 0 Å². The molecule has 16 heavy (non-hydrogen) atoms. The number of ether oxygens (including phenoxy) is 1. The van der Waals surface area contributed by atoms with Crippen molar-refractivity contribution < 1.29 is 9.84 Å². The Hall–Kier alpha value is -0.670. The van der Waals surface area contributed by atoms with E-state index in [9.17, 15) is 5.11 Å². The van der Waals surface area contributed by atoms with Gasteiger partial charge in [0.05, 0.1) is 12.7 Å². The number of hydrogen-bond acceptors (Lipinski definition) is 3. The fourth-order valence-corrected chi connectivity index (χ4v) is 3.34. The third-order valence-corrected chi connectivity index (χ3v) is 4.08. The molecular formula is C13H18O2S. The zero-order chi connectivity index (χ0) is 11.4. The lowest BCUT2D eigenvalue weighted by molar-refractivity contribution is 0.0323. The van der Waals surface area contributed by atoms with E-state index in [0.717, 1.165) is 42.1 Å². The second-order valence-corrected chi connectivity index (χ2v) is 5.59. The van der Waals surface area contributed by atoms with Crippen LogP contribution in [0.3, 0.4) is 0 Å². The number of methoxy groups -OCH3 is 1. The Morgan fingerprint density at radius 3 is 2.81 bits per heavy atom. The van der Waals surface area contributed by atoms with Crippen LogP contribution in [0.4, 0.5) is 0 Å². The van der Waals surface area contributed by atoms with E-state index in [1.165, 1.54) is 0 Å². The van der Waals surface area contributed by atoms with Crippen LogP contribution in [0, 0.1) is 0 Å². The topological polar surface area (TPSA) is 29.5 Å². The largest absolute Gasteiger partial charge is 0.497 e. The summed E-state index contributed by atoms with van der Waals surface area (Å²) in [5.41, 5.74) is 0.659. The van der Waals surface area contributed by atoms with Gasteiger partial charge in [0.2, 0.25) is 0 Å². The molecular weight excluding hydrogens is 220 g/mol. The molecule has 0 radical (unpaired) electrons. The van der Waals surface area contributed by atoms with E-state index >= 15 is 0 Å². The Morgan fingerprint density at radius 2 is 2.12 bits per heavy atom. The van der Waals surface area contributed by atoms with E-state index in [0.29, 0.717) is 0 Å². The molecule has 0 unspecified atom stereocenters. The molecule has 1 heterocycles. The first-order valence-corrected chi connectivity index (χ1v) is 6.80. The average molecular weight is 238 g/mol. The molecule has 1 aromatic carbocycles. The highest BCUT2D eigenvalue weighted by atomic mass is 32.2. The smallest absolute Gasteiger partial charge is 0.119 e. The zero-order valence-corrected chi connectivity index (χ0v) is 10.4. The van der Waals surface area contributed by atoms with Crippen molar-refractivity contribution in [3.63, 3.8) is 0 Å². The molecule has 88 valence electrons. The Bertz CT molecular complexity index is 346. The van der Waals surface area contributed by atoms with Crippen LogP contribution in [0.15, 0.2) is 24.3 Å². The summed E-state index contributed by atoms with van der Waals surface area (Å²) in [4.78, 5) is 0. The monoisotopic (exact) mass is 238 g/mol. The van der Waals surface area contributed by atoms with Gasteiger partial charge in [-0.3, -0.25) is 0 Å². The van der Waals surface area contributed by atoms with E-state index in [-0.39, 0.29) is 0 Å². The summed E-state index contributed by atoms with van der Waals surface area (Å²) in [6.45, 7) is 0. The van der Waals surface area contributed by atoms with E-state index in [1.807, 2.05) is 30.0 Å². The van der Waals surface area contributed by atoms with Crippen molar-refractivity contribution in [2.75, 3.05) is 18.6 Å². The second-order valence-electron chi connectivity index (χ2n) is 4.37. The van der Waals surface area contributed by atoms with Crippen molar-refractivity contribution >= 4 is 11.8 Å². The number of rotatable bonds is 3. The summed E-state index contributed by atoms with van der Waals surface area (Å²) in [6.07, 6.45) is 2.54. The lowest BCUT2D eigenvalue weighted by Gasteiger charge is -2.31. The quantitative estimate of drug-likeness (QED) is 0.877. The molecule has 0 bridgehead atoms. The Morgan fingerprint density at radius 1 is 1.38 bits per heavy atom. The minimum absolute atomic E-state index is 0.502. The molecule has 0 amide bonds. The molecule has 1 fully saturated rings. The number of aliphatic hydroxyl groups is 1. The molecule has 1 N–H and O–H groups in total. The number of benzene rings is 1. The molecule has 0 aromatic heterocycles. The molecule has 1 aliphatic heterocycles. The zero-order valence-electron chi connectivity index (χ0n) is 9.61. The van der Waals surface area contributed by atoms with Gasteiger partial charge in [0.1, 0.15) is 5.75 Å². The Labute approximate surface area is 101 Å². The molecule has 2 rings (SSSR count). The van der Waals surface area contributed by atoms with E-state index in [2.05, 4.69) is 6.07 Å². The van der Waals surface area contributed by atoms with Crippen LogP contribution in [0.25, 0.3) is 0 Å². The average Bonchev–Trinajstić information content (AvgIpc) is 2.29. The summed E-state index contributed by atoms with van der Waals surface area (Å²) in [5, 5.41) is 10.4. The van der Waals surface area contributed by atoms with Gasteiger partial charge in [0, 0.05) is 6.42 Å². The molecule has 2 nitrogen and oxygen atoms in total. The van der Waals surface area contributed by atoms with Crippen LogP contribution in [-0.2, 0) is 6.42 Å². The predicted octanol–water partition coefficient (Wildman–Crippen LogP) is 2.50. The molecule has 0 aliphatic carbocycles. The second kappa shape index (κ2) is 5.11. The van der Waals surface area contributed by atoms with Crippen molar-refractivity contribution in [2.45, 2.75) is 24.9 Å². The van der Waals surface area contributed by atoms with E-state index in [4.69, 9.17) is 4.74 Å². The first-order chi connectivity index (χ1) is 7.72. The van der Waals surface area contributed by atoms with Gasteiger partial charge in [0.15, 0.2) is 0 Å². The molecule has 1 aliphatic rings. The van der Waals surface area contributed by atoms with Crippen LogP contribution < -0.4 is 4.74 Å². The van der Waals surface area contributed by atoms with Gasteiger partial charge >= 0.3 is 0 Å². The number of hydrogen-bond donors (Lipinski definition) is 1. The Kier molecular flexibility index (Phi) is 3.77. The lowest BCUT2D eigenvalue weighted by Crippen LogP contribution is -2.35. The fraction of sp³-hybridized carbons (Fsp3) is 0.538. The predicted molar refractivity (Wildman–Crippen MR) is 68.2 cm³/mol. The maximum Gasteiger partial charge on any atom is 0.119 e. The van der Waals surface area contributed by atoms with Gasteiger partial charge in [-0.05, 0) is 42.0 Å². The summed E-state index contributed by atoms with van der Waals surface area (Å²) in [6, 6.07) is 7.99. The van der Waals surface area contributed by atoms with Crippen molar-refractivity contribution in [1.29, 1.82) is 0 Å². The third-order valence-electron chi connectivity index (χ3n) is 3.09. The standard InChI is InChI=1S/C13H18O2S/c1-15-12-4-2-3-11(9-12)10-13(14)5-7-16-8-6-13/h2-4,9,14H,5-8,10H2,1H3. The number of thioether (sulfide) groups is 1. The van der Waals surface area contributed by atoms with Gasteiger partial charge < -0.3 is 9.84 Å². The van der Waals surface area contributed by atoms with Crippen molar-refractivity contribution in [3.8, 4) is 5.75 Å². The maximum atomic E-state index is 10.4. The van der Waals surface area contributed by atoms with Crippen molar-refractivity contribution in [3.05, 3.63) is 29.8 Å². The Balaban J connectivity index is 2.07. The highest BCUT2D eigenvalue weighted by molar-refractivity contribution is 7.99. The van der Waals surface area contributed by atoms with Crippen molar-refractivity contribution in [1.82, 2.24) is 0 Å². The van der Waals surface area contributed by atoms with Gasteiger partial charge in [-0.1, -0.05) is 12.1 Å². The van der Waals surface area contributed by atoms with Crippen LogP contribution >= 0.6 is 11.8 Å². The summed E-state index contributed by atoms with van der Waals surface area (Å²) in [5.74, 6) is 3.01. The summed E-state index contributed by atoms with van der Waals surface area (Å²) in [7, 11) is 1.67. The molecule has 0 atom stereocenters. The van der Waals surface area contributed by atoms with Gasteiger partial charge in [0.25, 0.3) is 0 Å². The van der Waals surface area contributed by atoms with Crippen LogP contribution in [-0.4, -0.2) is 29.3 Å². The molecule has 1 aromatic rings. The molecule has 0 saturated carbocycles. The minimum atomic E-state index is -0.502. The highest BCUT2D eigenvalue weighted by Gasteiger charge is 2.29. The fourth-order valence-electron chi connectivity index (χ4n) is 2.09. The normalized spacial score (nSPS) is 19.4. The van der Waals surface area contributed by atoms with E-state index in [1.54, 1.807) is 7.11 Å². The van der Waals surface area contributed by atoms with Gasteiger partial charge in [-0.15, -0.1) is 0 Å². The molecule has 0 spiro atoms. The van der Waals surface area contributed by atoms with E-state index < -0.39 is 5.60 Å². The maximum absolute atomic E-state index is 10.4. The minimum Gasteiger partial charge on any atom is -0.497 e. The van der Waals surface area contributed by atoms with Crippen molar-refractivity contribution in [2.24, 2.45) is 0 Å². The summed E-state index contributed by atoms with van der Waals surface area (Å²) >= 11 is 1.93. The first kappa shape index (κ1) is 11.8. The SMILES string of the molecule is COc1cccc(CC2(O)CCSCC2)c1. The lowest BCUT2D eigenvalue weighted by atomic mass is 9.89. The third kappa shape index (κ3) is 2.92.